The summed E-state index contributed by atoms with van der Waals surface area (Å²) in [5.41, 5.74) is 2.21. The third-order valence-electron chi connectivity index (χ3n) is 3.48. The number of nitrogens with zero attached hydrogens (tertiary/aromatic N) is 2. The lowest BCUT2D eigenvalue weighted by Crippen LogP contribution is -2.41. The highest BCUT2D eigenvalue weighted by Crippen LogP contribution is 2.29. The van der Waals surface area contributed by atoms with Gasteiger partial charge in [-0.25, -0.2) is 4.98 Å². The number of hydrogen-bond donors (Lipinski definition) is 1. The molecule has 0 saturated carbocycles. The van der Waals surface area contributed by atoms with E-state index in [9.17, 15) is 0 Å². The second-order valence-electron chi connectivity index (χ2n) is 5.13. The first kappa shape index (κ1) is 14.2. The third kappa shape index (κ3) is 3.46. The van der Waals surface area contributed by atoms with Crippen molar-refractivity contribution < 1.29 is 4.74 Å². The van der Waals surface area contributed by atoms with Crippen molar-refractivity contribution in [2.24, 2.45) is 0 Å². The molecular formula is C16H18ClN3O. The van der Waals surface area contributed by atoms with Crippen molar-refractivity contribution in [3.05, 3.63) is 47.6 Å². The highest BCUT2D eigenvalue weighted by atomic mass is 35.5. The van der Waals surface area contributed by atoms with Crippen molar-refractivity contribution in [2.75, 3.05) is 29.9 Å². The topological polar surface area (TPSA) is 37.4 Å². The Morgan fingerprint density at radius 3 is 2.90 bits per heavy atom. The Labute approximate surface area is 129 Å². The highest BCUT2D eigenvalue weighted by Gasteiger charge is 2.19. The van der Waals surface area contributed by atoms with Crippen LogP contribution in [-0.2, 0) is 4.74 Å². The SMILES string of the molecule is CC1CN(c2ccccc2Nc2ccc(Cl)cn2)CCO1. The van der Waals surface area contributed by atoms with Gasteiger partial charge in [0.1, 0.15) is 5.82 Å². The van der Waals surface area contributed by atoms with E-state index in [2.05, 4.69) is 40.3 Å². The van der Waals surface area contributed by atoms with Crippen LogP contribution in [0.25, 0.3) is 0 Å². The molecule has 4 nitrogen and oxygen atoms in total. The maximum Gasteiger partial charge on any atom is 0.130 e. The molecule has 21 heavy (non-hydrogen) atoms. The lowest BCUT2D eigenvalue weighted by molar-refractivity contribution is 0.0533. The number of benzene rings is 1. The molecule has 110 valence electrons. The molecule has 1 aliphatic rings. The third-order valence-corrected chi connectivity index (χ3v) is 3.70. The Morgan fingerprint density at radius 1 is 1.29 bits per heavy atom. The molecule has 0 amide bonds. The first-order chi connectivity index (χ1) is 10.2. The van der Waals surface area contributed by atoms with E-state index in [1.807, 2.05) is 18.2 Å². The van der Waals surface area contributed by atoms with E-state index in [1.165, 1.54) is 5.69 Å². The summed E-state index contributed by atoms with van der Waals surface area (Å²) in [6.45, 7) is 4.65. The quantitative estimate of drug-likeness (QED) is 0.938. The number of para-hydroxylation sites is 2. The lowest BCUT2D eigenvalue weighted by Gasteiger charge is -2.34. The molecule has 0 bridgehead atoms. The van der Waals surface area contributed by atoms with Gasteiger partial charge in [0.15, 0.2) is 0 Å². The van der Waals surface area contributed by atoms with Gasteiger partial charge < -0.3 is 15.0 Å². The molecule has 2 aromatic rings. The monoisotopic (exact) mass is 303 g/mol. The fourth-order valence-electron chi connectivity index (χ4n) is 2.48. The second kappa shape index (κ2) is 6.33. The van der Waals surface area contributed by atoms with Crippen LogP contribution in [0.15, 0.2) is 42.6 Å². The first-order valence-electron chi connectivity index (χ1n) is 7.06. The predicted octanol–water partition coefficient (Wildman–Crippen LogP) is 3.70. The van der Waals surface area contributed by atoms with E-state index >= 15 is 0 Å². The molecule has 0 radical (unpaired) electrons. The molecule has 2 heterocycles. The molecule has 1 atom stereocenters. The maximum atomic E-state index is 5.87. The molecule has 5 heteroatoms. The first-order valence-corrected chi connectivity index (χ1v) is 7.44. The van der Waals surface area contributed by atoms with E-state index in [0.29, 0.717) is 5.02 Å². The second-order valence-corrected chi connectivity index (χ2v) is 5.57. The number of halogens is 1. The fraction of sp³-hybridized carbons (Fsp3) is 0.312. The minimum Gasteiger partial charge on any atom is -0.375 e. The molecule has 0 spiro atoms. The van der Waals surface area contributed by atoms with Crippen LogP contribution in [0.5, 0.6) is 0 Å². The van der Waals surface area contributed by atoms with Gasteiger partial charge in [-0.2, -0.15) is 0 Å². The zero-order valence-electron chi connectivity index (χ0n) is 11.9. The summed E-state index contributed by atoms with van der Waals surface area (Å²) < 4.78 is 5.61. The Hall–Kier alpha value is -1.78. The van der Waals surface area contributed by atoms with Crippen LogP contribution in [0.3, 0.4) is 0 Å². The molecule has 1 N–H and O–H groups in total. The molecule has 1 aliphatic heterocycles. The number of nitrogens with one attached hydrogen (secondary N) is 1. The van der Waals surface area contributed by atoms with Gasteiger partial charge in [0, 0.05) is 19.3 Å². The van der Waals surface area contributed by atoms with Gasteiger partial charge in [-0.05, 0) is 31.2 Å². The van der Waals surface area contributed by atoms with E-state index in [1.54, 1.807) is 6.20 Å². The van der Waals surface area contributed by atoms with Gasteiger partial charge in [0.05, 0.1) is 29.1 Å². The van der Waals surface area contributed by atoms with Crippen LogP contribution in [-0.4, -0.2) is 30.8 Å². The lowest BCUT2D eigenvalue weighted by atomic mass is 10.2. The normalized spacial score (nSPS) is 18.6. The Kier molecular flexibility index (Phi) is 4.27. The fourth-order valence-corrected chi connectivity index (χ4v) is 2.59. The number of morpholine rings is 1. The van der Waals surface area contributed by atoms with Crippen molar-refractivity contribution >= 4 is 28.8 Å². The number of hydrogen-bond acceptors (Lipinski definition) is 4. The van der Waals surface area contributed by atoms with Crippen LogP contribution in [0.1, 0.15) is 6.92 Å². The smallest absolute Gasteiger partial charge is 0.130 e. The Balaban J connectivity index is 1.83. The average Bonchev–Trinajstić information content (AvgIpc) is 2.50. The maximum absolute atomic E-state index is 5.87. The van der Waals surface area contributed by atoms with Crippen molar-refractivity contribution in [1.82, 2.24) is 4.98 Å². The predicted molar refractivity (Wildman–Crippen MR) is 86.6 cm³/mol. The highest BCUT2D eigenvalue weighted by molar-refractivity contribution is 6.30. The van der Waals surface area contributed by atoms with Crippen molar-refractivity contribution in [3.63, 3.8) is 0 Å². The molecule has 1 aromatic carbocycles. The van der Waals surface area contributed by atoms with E-state index in [-0.39, 0.29) is 6.10 Å². The number of anilines is 3. The summed E-state index contributed by atoms with van der Waals surface area (Å²) in [5.74, 6) is 0.785. The standard InChI is InChI=1S/C16H18ClN3O/c1-12-11-20(8-9-21-12)15-5-3-2-4-14(15)19-16-7-6-13(17)10-18-16/h2-7,10,12H,8-9,11H2,1H3,(H,18,19). The van der Waals surface area contributed by atoms with Crippen LogP contribution in [0, 0.1) is 0 Å². The summed E-state index contributed by atoms with van der Waals surface area (Å²) >= 11 is 5.87. The molecule has 0 aliphatic carbocycles. The van der Waals surface area contributed by atoms with Gasteiger partial charge in [-0.3, -0.25) is 0 Å². The summed E-state index contributed by atoms with van der Waals surface area (Å²) in [4.78, 5) is 6.63. The minimum absolute atomic E-state index is 0.250. The van der Waals surface area contributed by atoms with Crippen LogP contribution in [0.2, 0.25) is 5.02 Å². The van der Waals surface area contributed by atoms with Crippen molar-refractivity contribution in [3.8, 4) is 0 Å². The average molecular weight is 304 g/mol. The number of aromatic nitrogens is 1. The number of pyridine rings is 1. The van der Waals surface area contributed by atoms with Gasteiger partial charge in [0.25, 0.3) is 0 Å². The van der Waals surface area contributed by atoms with Crippen molar-refractivity contribution in [1.29, 1.82) is 0 Å². The molecule has 1 unspecified atom stereocenters. The summed E-state index contributed by atoms with van der Waals surface area (Å²) in [6.07, 6.45) is 1.89. The molecule has 1 aromatic heterocycles. The van der Waals surface area contributed by atoms with Crippen LogP contribution in [0.4, 0.5) is 17.2 Å². The van der Waals surface area contributed by atoms with E-state index < -0.39 is 0 Å². The molecular weight excluding hydrogens is 286 g/mol. The number of ether oxygens (including phenoxy) is 1. The molecule has 1 saturated heterocycles. The Morgan fingerprint density at radius 2 is 2.14 bits per heavy atom. The van der Waals surface area contributed by atoms with Gasteiger partial charge in [0.2, 0.25) is 0 Å². The van der Waals surface area contributed by atoms with Gasteiger partial charge in [-0.1, -0.05) is 23.7 Å². The van der Waals surface area contributed by atoms with E-state index in [0.717, 1.165) is 31.2 Å². The summed E-state index contributed by atoms with van der Waals surface area (Å²) in [5, 5.41) is 3.99. The van der Waals surface area contributed by atoms with Gasteiger partial charge in [-0.15, -0.1) is 0 Å². The largest absolute Gasteiger partial charge is 0.375 e. The summed E-state index contributed by atoms with van der Waals surface area (Å²) in [7, 11) is 0. The number of rotatable bonds is 3. The summed E-state index contributed by atoms with van der Waals surface area (Å²) in [6, 6.07) is 12.0. The zero-order chi connectivity index (χ0) is 14.7. The van der Waals surface area contributed by atoms with Crippen molar-refractivity contribution in [2.45, 2.75) is 13.0 Å². The van der Waals surface area contributed by atoms with Crippen LogP contribution >= 0.6 is 11.6 Å². The zero-order valence-corrected chi connectivity index (χ0v) is 12.7. The Bertz CT molecular complexity index is 603. The van der Waals surface area contributed by atoms with Crippen LogP contribution < -0.4 is 10.2 Å². The minimum atomic E-state index is 0.250. The van der Waals surface area contributed by atoms with E-state index in [4.69, 9.17) is 16.3 Å². The molecule has 1 fully saturated rings. The molecule has 3 rings (SSSR count). The van der Waals surface area contributed by atoms with Gasteiger partial charge >= 0.3 is 0 Å².